The van der Waals surface area contributed by atoms with E-state index in [1.807, 2.05) is 10.6 Å². The van der Waals surface area contributed by atoms with E-state index in [0.29, 0.717) is 6.04 Å². The Bertz CT molecular complexity index is 776. The van der Waals surface area contributed by atoms with Crippen LogP contribution in [0.1, 0.15) is 61.4 Å². The molecule has 4 rings (SSSR count). The molecule has 0 unspecified atom stereocenters. The summed E-state index contributed by atoms with van der Waals surface area (Å²) in [6.07, 6.45) is 9.80. The fourth-order valence-corrected chi connectivity index (χ4v) is 4.27. The molecule has 0 amide bonds. The Kier molecular flexibility index (Phi) is 4.86. The minimum Gasteiger partial charge on any atom is -0.355 e. The molecule has 0 aliphatic heterocycles. The number of benzene rings is 1. The van der Waals surface area contributed by atoms with Crippen molar-refractivity contribution in [3.8, 4) is 0 Å². The standard InChI is InChI=1S/C21H27N3O/c25-20-18-12-7-13-19(18)23-21(24(20)17-10-5-2-6-11-17)22-15-14-16-8-3-1-4-9-16/h1,3-4,8-9,17H,2,5-7,10-15H2,(H,22,23). The zero-order valence-electron chi connectivity index (χ0n) is 14.8. The summed E-state index contributed by atoms with van der Waals surface area (Å²) in [6.45, 7) is 0.808. The summed E-state index contributed by atoms with van der Waals surface area (Å²) in [6, 6.07) is 10.8. The van der Waals surface area contributed by atoms with E-state index in [1.165, 1.54) is 24.8 Å². The topological polar surface area (TPSA) is 46.9 Å². The van der Waals surface area contributed by atoms with E-state index in [-0.39, 0.29) is 5.56 Å². The minimum atomic E-state index is 0.219. The lowest BCUT2D eigenvalue weighted by Crippen LogP contribution is -2.32. The molecular weight excluding hydrogens is 310 g/mol. The summed E-state index contributed by atoms with van der Waals surface area (Å²) in [7, 11) is 0. The van der Waals surface area contributed by atoms with Gasteiger partial charge in [0.25, 0.3) is 5.56 Å². The molecule has 1 saturated carbocycles. The van der Waals surface area contributed by atoms with Crippen molar-refractivity contribution in [3.63, 3.8) is 0 Å². The van der Waals surface area contributed by atoms with Gasteiger partial charge in [0, 0.05) is 18.2 Å². The van der Waals surface area contributed by atoms with E-state index in [9.17, 15) is 4.79 Å². The first-order valence-electron chi connectivity index (χ1n) is 9.75. The van der Waals surface area contributed by atoms with E-state index in [4.69, 9.17) is 4.98 Å². The molecule has 0 bridgehead atoms. The van der Waals surface area contributed by atoms with E-state index < -0.39 is 0 Å². The highest BCUT2D eigenvalue weighted by Crippen LogP contribution is 2.30. The predicted octanol–water partition coefficient (Wildman–Crippen LogP) is 3.89. The van der Waals surface area contributed by atoms with Crippen LogP contribution in [-0.4, -0.2) is 16.1 Å². The molecule has 1 heterocycles. The molecule has 2 aliphatic rings. The van der Waals surface area contributed by atoms with Crippen LogP contribution in [-0.2, 0) is 19.3 Å². The molecule has 0 radical (unpaired) electrons. The van der Waals surface area contributed by atoms with E-state index in [1.54, 1.807) is 0 Å². The first-order valence-corrected chi connectivity index (χ1v) is 9.75. The summed E-state index contributed by atoms with van der Waals surface area (Å²) in [4.78, 5) is 18.0. The molecule has 1 aromatic heterocycles. The molecular formula is C21H27N3O. The number of aryl methyl sites for hydroxylation is 1. The van der Waals surface area contributed by atoms with E-state index >= 15 is 0 Å². The molecule has 2 aliphatic carbocycles. The van der Waals surface area contributed by atoms with Gasteiger partial charge in [-0.25, -0.2) is 4.98 Å². The summed E-state index contributed by atoms with van der Waals surface area (Å²) in [5, 5.41) is 3.48. The Balaban J connectivity index is 1.59. The van der Waals surface area contributed by atoms with Crippen LogP contribution >= 0.6 is 0 Å². The third-order valence-corrected chi connectivity index (χ3v) is 5.61. The van der Waals surface area contributed by atoms with Gasteiger partial charge >= 0.3 is 0 Å². The Morgan fingerprint density at radius 2 is 1.84 bits per heavy atom. The molecule has 1 N–H and O–H groups in total. The third kappa shape index (κ3) is 3.48. The van der Waals surface area contributed by atoms with Crippen LogP contribution in [0.15, 0.2) is 35.1 Å². The molecule has 4 heteroatoms. The van der Waals surface area contributed by atoms with Crippen molar-refractivity contribution < 1.29 is 0 Å². The molecule has 2 aromatic rings. The second-order valence-corrected chi connectivity index (χ2v) is 7.34. The number of hydrogen-bond acceptors (Lipinski definition) is 3. The normalized spacial score (nSPS) is 17.4. The van der Waals surface area contributed by atoms with Gasteiger partial charge in [-0.15, -0.1) is 0 Å². The van der Waals surface area contributed by atoms with Gasteiger partial charge in [-0.2, -0.15) is 0 Å². The number of rotatable bonds is 5. The van der Waals surface area contributed by atoms with Crippen molar-refractivity contribution in [2.24, 2.45) is 0 Å². The summed E-state index contributed by atoms with van der Waals surface area (Å²) >= 11 is 0. The second kappa shape index (κ2) is 7.42. The Morgan fingerprint density at radius 1 is 1.04 bits per heavy atom. The highest BCUT2D eigenvalue weighted by atomic mass is 16.1. The van der Waals surface area contributed by atoms with Gasteiger partial charge in [-0.05, 0) is 44.1 Å². The molecule has 4 nitrogen and oxygen atoms in total. The largest absolute Gasteiger partial charge is 0.355 e. The quantitative estimate of drug-likeness (QED) is 0.900. The van der Waals surface area contributed by atoms with Crippen LogP contribution in [0.3, 0.4) is 0 Å². The van der Waals surface area contributed by atoms with Crippen LogP contribution in [0.25, 0.3) is 0 Å². The number of nitrogens with one attached hydrogen (secondary N) is 1. The number of hydrogen-bond donors (Lipinski definition) is 1. The van der Waals surface area contributed by atoms with Crippen LogP contribution in [0.5, 0.6) is 0 Å². The van der Waals surface area contributed by atoms with Crippen molar-refractivity contribution >= 4 is 5.95 Å². The van der Waals surface area contributed by atoms with Crippen molar-refractivity contribution in [3.05, 3.63) is 57.5 Å². The molecule has 132 valence electrons. The first-order chi connectivity index (χ1) is 12.3. The molecule has 0 saturated heterocycles. The summed E-state index contributed by atoms with van der Waals surface area (Å²) in [5.74, 6) is 0.800. The Hall–Kier alpha value is -2.10. The smallest absolute Gasteiger partial charge is 0.258 e. The number of fused-ring (bicyclic) bond motifs is 1. The second-order valence-electron chi connectivity index (χ2n) is 7.34. The number of anilines is 1. The van der Waals surface area contributed by atoms with Crippen molar-refractivity contribution in [1.29, 1.82) is 0 Å². The van der Waals surface area contributed by atoms with Gasteiger partial charge in [-0.3, -0.25) is 9.36 Å². The highest BCUT2D eigenvalue weighted by molar-refractivity contribution is 5.35. The zero-order valence-corrected chi connectivity index (χ0v) is 14.8. The maximum absolute atomic E-state index is 13.1. The van der Waals surface area contributed by atoms with Crippen LogP contribution in [0.4, 0.5) is 5.95 Å². The number of aromatic nitrogens is 2. The van der Waals surface area contributed by atoms with Gasteiger partial charge in [0.15, 0.2) is 0 Å². The van der Waals surface area contributed by atoms with Crippen molar-refractivity contribution in [1.82, 2.24) is 9.55 Å². The van der Waals surface area contributed by atoms with Gasteiger partial charge < -0.3 is 5.32 Å². The average molecular weight is 337 g/mol. The van der Waals surface area contributed by atoms with E-state index in [0.717, 1.165) is 62.3 Å². The predicted molar refractivity (Wildman–Crippen MR) is 101 cm³/mol. The highest BCUT2D eigenvalue weighted by Gasteiger charge is 2.25. The third-order valence-electron chi connectivity index (χ3n) is 5.61. The lowest BCUT2D eigenvalue weighted by atomic mass is 9.95. The maximum Gasteiger partial charge on any atom is 0.258 e. The summed E-state index contributed by atoms with van der Waals surface area (Å²) in [5.41, 5.74) is 3.53. The fourth-order valence-electron chi connectivity index (χ4n) is 4.27. The Labute approximate surface area is 149 Å². The molecule has 0 atom stereocenters. The SMILES string of the molecule is O=c1c2c(nc(NCCc3ccccc3)n1C1CCCCC1)CCC2. The zero-order chi connectivity index (χ0) is 17.1. The van der Waals surface area contributed by atoms with Crippen LogP contribution in [0.2, 0.25) is 0 Å². The first kappa shape index (κ1) is 16.4. The molecule has 1 aromatic carbocycles. The maximum atomic E-state index is 13.1. The van der Waals surface area contributed by atoms with Gasteiger partial charge in [0.2, 0.25) is 5.95 Å². The fraction of sp³-hybridized carbons (Fsp3) is 0.524. The van der Waals surface area contributed by atoms with E-state index in [2.05, 4.69) is 29.6 Å². The molecule has 0 spiro atoms. The lowest BCUT2D eigenvalue weighted by Gasteiger charge is -2.27. The molecule has 25 heavy (non-hydrogen) atoms. The van der Waals surface area contributed by atoms with Crippen molar-refractivity contribution in [2.45, 2.75) is 63.8 Å². The van der Waals surface area contributed by atoms with Gasteiger partial charge in [0.05, 0.1) is 5.69 Å². The minimum absolute atomic E-state index is 0.219. The van der Waals surface area contributed by atoms with Crippen LogP contribution in [0, 0.1) is 0 Å². The molecule has 1 fully saturated rings. The van der Waals surface area contributed by atoms with Crippen molar-refractivity contribution in [2.75, 3.05) is 11.9 Å². The number of nitrogens with zero attached hydrogens (tertiary/aromatic N) is 2. The average Bonchev–Trinajstić information content (AvgIpc) is 3.12. The summed E-state index contributed by atoms with van der Waals surface area (Å²) < 4.78 is 1.99. The Morgan fingerprint density at radius 3 is 2.64 bits per heavy atom. The monoisotopic (exact) mass is 337 g/mol. The van der Waals surface area contributed by atoms with Gasteiger partial charge in [0.1, 0.15) is 0 Å². The van der Waals surface area contributed by atoms with Gasteiger partial charge in [-0.1, -0.05) is 49.6 Å². The van der Waals surface area contributed by atoms with Crippen LogP contribution < -0.4 is 10.9 Å². The lowest BCUT2D eigenvalue weighted by molar-refractivity contribution is 0.346.